The number of rotatable bonds is 15. The molecule has 9 aliphatic rings. The molecule has 16 N–H and O–H groups in total. The molecule has 95 heavy (non-hydrogen) atoms. The van der Waals surface area contributed by atoms with Gasteiger partial charge >= 0.3 is 0 Å². The van der Waals surface area contributed by atoms with E-state index in [0.29, 0.717) is 65.7 Å². The van der Waals surface area contributed by atoms with Gasteiger partial charge in [-0.3, -0.25) is 30.8 Å². The summed E-state index contributed by atoms with van der Waals surface area (Å²) >= 11 is 0. The standard InChI is InChI=1S/C70H84N8O17/c1-36(82)30-74-77-53-28-40(16-22-72-53)50-34-92-62-63(88)70(90)21-15-41(26-37-7-6-8-39(25-37)44(18-24-80)57(50)85)52(84)14-12-42-32-93-69(19-4-5-20-69)67(70)95-66(62)94-60-49(54(42)46-9-2-3-10-51(46)78-35-73-56-64(78)75-68(71)76-65(56)89)29-48-55(61(60)91-33-43(83)17-23-79)59(87)47-27-38(31-81)11-13-45(47)58(48)86/h2-3,6-11,13,16,23,25,27-29,36,41-44,50,52,54,56-57,62-64,66-68,72-75,77,80-85,88,90H,4-5,12,14,17-20,22,24,26,30-35,71H2,1H3,(H,76,89)/t36-,41-,42-,43+,44+,50-,52+,54+,56-,57+,62-,63-,64+,66-,67-,68+,70+/m0/s1. The molecule has 1 saturated carbocycles. The van der Waals surface area contributed by atoms with E-state index in [9.17, 15) is 50.4 Å². The average molecular weight is 1310 g/mol. The Morgan fingerprint density at radius 3 is 2.56 bits per heavy atom. The normalized spacial score (nSPS) is 32.2. The van der Waals surface area contributed by atoms with Gasteiger partial charge in [-0.05, 0) is 110 Å². The van der Waals surface area contributed by atoms with E-state index in [2.05, 4.69) is 44.0 Å². The highest BCUT2D eigenvalue weighted by molar-refractivity contribution is 6.29. The lowest BCUT2D eigenvalue weighted by molar-refractivity contribution is -0.336. The Balaban J connectivity index is 1.09. The van der Waals surface area contributed by atoms with E-state index in [1.54, 1.807) is 25.1 Å². The second-order valence-electron chi connectivity index (χ2n) is 26.7. The van der Waals surface area contributed by atoms with Crippen molar-refractivity contribution in [3.05, 3.63) is 146 Å². The van der Waals surface area contributed by atoms with Crippen LogP contribution in [-0.4, -0.2) is 190 Å². The van der Waals surface area contributed by atoms with Gasteiger partial charge in [0.05, 0.1) is 68.0 Å². The van der Waals surface area contributed by atoms with Crippen LogP contribution in [0.3, 0.4) is 0 Å². The van der Waals surface area contributed by atoms with E-state index in [1.807, 2.05) is 59.5 Å². The van der Waals surface area contributed by atoms with Gasteiger partial charge in [-0.2, -0.15) is 0 Å². The third-order valence-corrected chi connectivity index (χ3v) is 20.5. The fourth-order valence-corrected chi connectivity index (χ4v) is 15.7. The minimum atomic E-state index is -2.59. The highest BCUT2D eigenvalue weighted by Crippen LogP contribution is 2.55. The number of dihydropyridines is 1. The molecule has 4 fully saturated rings. The van der Waals surface area contributed by atoms with Crippen molar-refractivity contribution >= 4 is 29.4 Å². The van der Waals surface area contributed by atoms with E-state index in [-0.39, 0.29) is 104 Å². The molecule has 8 bridgehead atoms. The van der Waals surface area contributed by atoms with Gasteiger partial charge in [0, 0.05) is 71.8 Å². The average Bonchev–Trinajstić information content (AvgIpc) is 1.69. The second kappa shape index (κ2) is 27.7. The molecule has 0 unspecified atom stereocenters. The monoisotopic (exact) mass is 1310 g/mol. The number of hydrogen-bond acceptors (Lipinski definition) is 24. The lowest BCUT2D eigenvalue weighted by Gasteiger charge is -2.53. The van der Waals surface area contributed by atoms with E-state index < -0.39 is 146 Å². The third kappa shape index (κ3) is 12.7. The number of para-hydroxylation sites is 1. The van der Waals surface area contributed by atoms with Crippen molar-refractivity contribution in [2.24, 2.45) is 23.5 Å². The summed E-state index contributed by atoms with van der Waals surface area (Å²) in [6.07, 6.45) is -7.81. The van der Waals surface area contributed by atoms with Crippen molar-refractivity contribution in [2.75, 3.05) is 51.1 Å². The van der Waals surface area contributed by atoms with Crippen molar-refractivity contribution < 1.29 is 83.7 Å². The fourth-order valence-electron chi connectivity index (χ4n) is 15.7. The van der Waals surface area contributed by atoms with Crippen LogP contribution in [0.25, 0.3) is 0 Å². The highest BCUT2D eigenvalue weighted by atomic mass is 16.7. The van der Waals surface area contributed by atoms with Gasteiger partial charge in [0.2, 0.25) is 12.2 Å². The quantitative estimate of drug-likeness (QED) is 0.0381. The molecule has 1 amide bonds. The molecule has 25 nitrogen and oxygen atoms in total. The number of aliphatic hydroxyl groups excluding tert-OH is 7. The highest BCUT2D eigenvalue weighted by Gasteiger charge is 2.65. The third-order valence-electron chi connectivity index (χ3n) is 20.5. The smallest absolute Gasteiger partial charge is 0.242 e. The molecule has 0 aromatic heterocycles. The van der Waals surface area contributed by atoms with Crippen molar-refractivity contribution in [3.63, 3.8) is 0 Å². The maximum Gasteiger partial charge on any atom is 0.242 e. The Bertz CT molecular complexity index is 3700. The van der Waals surface area contributed by atoms with Crippen LogP contribution < -0.4 is 52.2 Å². The molecule has 13 rings (SSSR count). The molecule has 4 aromatic rings. The molecule has 7 aliphatic heterocycles. The van der Waals surface area contributed by atoms with Crippen LogP contribution >= 0.6 is 0 Å². The summed E-state index contributed by atoms with van der Waals surface area (Å²) < 4.78 is 36.3. The maximum absolute atomic E-state index is 15.7. The number of ketones is 2. The molecule has 7 heterocycles. The Morgan fingerprint density at radius 2 is 1.77 bits per heavy atom. The molecule has 1 spiro atoms. The summed E-state index contributed by atoms with van der Waals surface area (Å²) in [5.41, 5.74) is 11.7. The number of fused-ring (bicyclic) bond motifs is 12. The van der Waals surface area contributed by atoms with E-state index >= 15 is 9.59 Å². The number of aldehydes is 1. The topological polar surface area (TPSA) is 378 Å². The SMILES string of the molecule is C[C@H](O)CNNC1=CC([C@@H]2CO[C@@H]3[C@H]4Oc5c(cc6c(c5OC[C@H](O)CC=O)C(=O)c5cc(CO)ccc5C6=O)[C@@H](c5ccccc5N5CN[C@@H]6C(=O)N[C@H](N)N[C@@H]65)[C@H]5CC[C@@H](O)[C@@H](C#C[C@@](O)([C@H]3O)[C@@H](O4)C3(CCCC3)OC5)Cc3cccc(c3)[C@@H](CCO)[C@H]2O)=CCN1. The molecule has 2 aliphatic carbocycles. The number of nitrogens with two attached hydrogens (primary N) is 1. The van der Waals surface area contributed by atoms with Crippen molar-refractivity contribution in [1.82, 2.24) is 32.1 Å². The molecule has 506 valence electrons. The molecule has 3 saturated heterocycles. The first-order valence-corrected chi connectivity index (χ1v) is 33.0. The van der Waals surface area contributed by atoms with Crippen LogP contribution in [-0.2, 0) is 36.8 Å². The zero-order valence-corrected chi connectivity index (χ0v) is 52.7. The van der Waals surface area contributed by atoms with Gasteiger partial charge in [-0.25, -0.2) is 5.43 Å². The number of hydrogen-bond donors (Lipinski definition) is 15. The summed E-state index contributed by atoms with van der Waals surface area (Å²) in [7, 11) is 0. The first kappa shape index (κ1) is 66.4. The molecule has 17 atom stereocenters. The minimum absolute atomic E-state index is 0.0209. The van der Waals surface area contributed by atoms with Gasteiger partial charge in [-0.15, -0.1) is 0 Å². The van der Waals surface area contributed by atoms with E-state index in [1.165, 1.54) is 12.1 Å². The van der Waals surface area contributed by atoms with Crippen molar-refractivity contribution in [3.8, 4) is 23.3 Å². The van der Waals surface area contributed by atoms with Crippen LogP contribution in [0.1, 0.15) is 130 Å². The number of nitrogens with one attached hydrogen (secondary N) is 6. The Kier molecular flexibility index (Phi) is 19.4. The number of carbonyl (C=O) groups is 4. The van der Waals surface area contributed by atoms with Crippen LogP contribution in [0, 0.1) is 29.6 Å². The van der Waals surface area contributed by atoms with Crippen molar-refractivity contribution in [1.29, 1.82) is 0 Å². The molecule has 25 heteroatoms. The molecular formula is C70H84N8O17. The molecule has 4 aromatic carbocycles. The number of hydrazine groups is 1. The Hall–Kier alpha value is -7.20. The largest absolute Gasteiger partial charge is 0.486 e. The second-order valence-corrected chi connectivity index (χ2v) is 26.7. The molecular weight excluding hydrogens is 1220 g/mol. The minimum Gasteiger partial charge on any atom is -0.486 e. The predicted octanol–water partition coefficient (Wildman–Crippen LogP) is 0.298. The van der Waals surface area contributed by atoms with Crippen LogP contribution in [0.2, 0.25) is 0 Å². The number of nitrogens with zero attached hydrogens (tertiary/aromatic N) is 1. The Labute approximate surface area is 549 Å². The van der Waals surface area contributed by atoms with Gasteiger partial charge in [0.1, 0.15) is 55.5 Å². The molecule has 0 radical (unpaired) electrons. The van der Waals surface area contributed by atoms with Gasteiger partial charge in [-0.1, -0.05) is 79.3 Å². The van der Waals surface area contributed by atoms with Gasteiger partial charge < -0.3 is 90.3 Å². The summed E-state index contributed by atoms with van der Waals surface area (Å²) in [6.45, 7) is 0.203. The van der Waals surface area contributed by atoms with Crippen LogP contribution in [0.5, 0.6) is 11.5 Å². The maximum atomic E-state index is 15.7. The van der Waals surface area contributed by atoms with Crippen LogP contribution in [0.4, 0.5) is 5.69 Å². The lowest BCUT2D eigenvalue weighted by atomic mass is 9.73. The van der Waals surface area contributed by atoms with Crippen LogP contribution in [0.15, 0.2) is 96.3 Å². The van der Waals surface area contributed by atoms with Crippen molar-refractivity contribution in [2.45, 2.75) is 162 Å². The number of allylic oxidation sites excluding steroid dienone is 1. The zero-order chi connectivity index (χ0) is 66.4. The van der Waals surface area contributed by atoms with E-state index in [4.69, 9.17) is 29.4 Å². The first-order chi connectivity index (χ1) is 45.9. The summed E-state index contributed by atoms with van der Waals surface area (Å²) in [4.78, 5) is 59.1. The zero-order valence-electron chi connectivity index (χ0n) is 52.7. The number of carbonyl (C=O) groups excluding carboxylic acids is 4. The number of aliphatic hydroxyl groups is 8. The predicted molar refractivity (Wildman–Crippen MR) is 342 cm³/mol. The van der Waals surface area contributed by atoms with Gasteiger partial charge in [0.15, 0.2) is 28.7 Å². The first-order valence-electron chi connectivity index (χ1n) is 33.0. The number of ether oxygens (including phenoxy) is 5. The number of anilines is 1. The van der Waals surface area contributed by atoms with E-state index in [0.717, 1.165) is 5.56 Å². The fraction of sp³-hybridized carbons (Fsp3) is 0.514. The number of amides is 1. The number of benzene rings is 4. The summed E-state index contributed by atoms with van der Waals surface area (Å²) in [6, 6.07) is 20.2. The summed E-state index contributed by atoms with van der Waals surface area (Å²) in [5, 5.41) is 109. The Morgan fingerprint density at radius 1 is 0.947 bits per heavy atom. The lowest BCUT2D eigenvalue weighted by Crippen LogP contribution is -2.72. The van der Waals surface area contributed by atoms with Gasteiger partial charge in [0.25, 0.3) is 0 Å². The summed E-state index contributed by atoms with van der Waals surface area (Å²) in [5.74, 6) is 0.115.